The summed E-state index contributed by atoms with van der Waals surface area (Å²) >= 11 is 0. The Morgan fingerprint density at radius 1 is 1.64 bits per heavy atom. The lowest BCUT2D eigenvalue weighted by atomic mass is 9.52. The molecule has 0 aromatic heterocycles. The number of carbonyl (C=O) groups excluding carboxylic acids is 1. The molecule has 0 amide bonds. The fraction of sp³-hybridized carbons (Fsp3) is 0.800. The minimum Gasteiger partial charge on any atom is -0.409 e. The number of oxime groups is 1. The van der Waals surface area contributed by atoms with E-state index in [0.717, 1.165) is 6.42 Å². The van der Waals surface area contributed by atoms with Crippen molar-refractivity contribution in [3.05, 3.63) is 0 Å². The molecule has 2 atom stereocenters. The molecular weight excluding hydrogens is 180 g/mol. The third-order valence-electron chi connectivity index (χ3n) is 3.55. The fourth-order valence-corrected chi connectivity index (χ4v) is 2.35. The molecule has 80 valence electrons. The fourth-order valence-electron chi connectivity index (χ4n) is 2.35. The van der Waals surface area contributed by atoms with E-state index >= 15 is 0 Å². The number of carbonyl (C=O) groups is 1. The maximum atomic E-state index is 11.2. The zero-order valence-corrected chi connectivity index (χ0v) is 8.95. The lowest BCUT2D eigenvalue weighted by molar-refractivity contribution is -0.135. The first-order valence-corrected chi connectivity index (χ1v) is 4.86. The van der Waals surface area contributed by atoms with Crippen LogP contribution in [0.2, 0.25) is 0 Å². The average Bonchev–Trinajstić information content (AvgIpc) is 2.10. The summed E-state index contributed by atoms with van der Waals surface area (Å²) in [5.74, 6) is 0.988. The highest BCUT2D eigenvalue weighted by atomic mass is 16.4. The Bertz CT molecular complexity index is 271. The molecule has 3 N–H and O–H groups in total. The molecule has 14 heavy (non-hydrogen) atoms. The van der Waals surface area contributed by atoms with Gasteiger partial charge in [0.1, 0.15) is 11.6 Å². The molecule has 0 bridgehead atoms. The van der Waals surface area contributed by atoms with Crippen molar-refractivity contribution in [2.45, 2.75) is 33.6 Å². The second-order valence-corrected chi connectivity index (χ2v) is 4.71. The third-order valence-corrected chi connectivity index (χ3v) is 3.55. The van der Waals surface area contributed by atoms with Crippen molar-refractivity contribution in [2.75, 3.05) is 0 Å². The van der Waals surface area contributed by atoms with Gasteiger partial charge in [-0.05, 0) is 24.7 Å². The van der Waals surface area contributed by atoms with Gasteiger partial charge in [-0.25, -0.2) is 0 Å². The minimum absolute atomic E-state index is 0.0128. The predicted octanol–water partition coefficient (Wildman–Crippen LogP) is 1.37. The smallest absolute Gasteiger partial charge is 0.139 e. The maximum absolute atomic E-state index is 11.2. The van der Waals surface area contributed by atoms with E-state index in [2.05, 4.69) is 19.0 Å². The molecule has 1 saturated carbocycles. The molecule has 1 aliphatic carbocycles. The van der Waals surface area contributed by atoms with E-state index in [9.17, 15) is 4.79 Å². The van der Waals surface area contributed by atoms with Crippen molar-refractivity contribution >= 4 is 11.6 Å². The zero-order valence-electron chi connectivity index (χ0n) is 8.95. The van der Waals surface area contributed by atoms with Gasteiger partial charge in [0.25, 0.3) is 0 Å². The van der Waals surface area contributed by atoms with Crippen molar-refractivity contribution in [3.8, 4) is 0 Å². The van der Waals surface area contributed by atoms with Crippen LogP contribution in [-0.2, 0) is 4.79 Å². The standard InChI is InChI=1S/C10H18N2O2/c1-6(13)8-4-7(10(8,2)3)5-9(11)12-14/h7-8,14H,4-5H2,1-3H3,(H2,11,12). The van der Waals surface area contributed by atoms with Crippen molar-refractivity contribution in [1.29, 1.82) is 0 Å². The van der Waals surface area contributed by atoms with E-state index in [1.54, 1.807) is 6.92 Å². The summed E-state index contributed by atoms with van der Waals surface area (Å²) in [6, 6.07) is 0. The summed E-state index contributed by atoms with van der Waals surface area (Å²) in [5, 5.41) is 11.4. The van der Waals surface area contributed by atoms with Crippen LogP contribution in [0, 0.1) is 17.3 Å². The summed E-state index contributed by atoms with van der Waals surface area (Å²) in [4.78, 5) is 11.2. The second-order valence-electron chi connectivity index (χ2n) is 4.71. The molecule has 0 spiro atoms. The van der Waals surface area contributed by atoms with Gasteiger partial charge in [-0.1, -0.05) is 19.0 Å². The summed E-state index contributed by atoms with van der Waals surface area (Å²) in [6.45, 7) is 5.77. The number of hydrogen-bond acceptors (Lipinski definition) is 3. The molecule has 1 aliphatic rings. The second kappa shape index (κ2) is 3.59. The van der Waals surface area contributed by atoms with Gasteiger partial charge in [0.15, 0.2) is 0 Å². The summed E-state index contributed by atoms with van der Waals surface area (Å²) in [7, 11) is 0. The molecule has 0 aromatic rings. The van der Waals surface area contributed by atoms with Crippen LogP contribution in [0.15, 0.2) is 5.16 Å². The Hall–Kier alpha value is -1.06. The summed E-state index contributed by atoms with van der Waals surface area (Å²) < 4.78 is 0. The molecule has 0 aliphatic heterocycles. The normalized spacial score (nSPS) is 30.9. The first-order chi connectivity index (χ1) is 6.39. The highest BCUT2D eigenvalue weighted by molar-refractivity contribution is 5.82. The van der Waals surface area contributed by atoms with Gasteiger partial charge in [-0.15, -0.1) is 0 Å². The maximum Gasteiger partial charge on any atom is 0.139 e. The third kappa shape index (κ3) is 1.74. The number of nitrogens with zero attached hydrogens (tertiary/aromatic N) is 1. The topological polar surface area (TPSA) is 75.7 Å². The first kappa shape index (κ1) is 11.0. The van der Waals surface area contributed by atoms with E-state index in [1.807, 2.05) is 0 Å². The van der Waals surface area contributed by atoms with Gasteiger partial charge in [0.05, 0.1) is 0 Å². The van der Waals surface area contributed by atoms with Gasteiger partial charge in [-0.3, -0.25) is 4.79 Å². The Labute approximate surface area is 84.2 Å². The minimum atomic E-state index is -0.0128. The van der Waals surface area contributed by atoms with E-state index < -0.39 is 0 Å². The van der Waals surface area contributed by atoms with Crippen LogP contribution in [0.3, 0.4) is 0 Å². The lowest BCUT2D eigenvalue weighted by Crippen LogP contribution is -2.49. The van der Waals surface area contributed by atoms with Crippen LogP contribution in [0.4, 0.5) is 0 Å². The lowest BCUT2D eigenvalue weighted by Gasteiger charge is -2.51. The summed E-state index contributed by atoms with van der Waals surface area (Å²) in [6.07, 6.45) is 1.44. The molecule has 0 aromatic carbocycles. The Morgan fingerprint density at radius 2 is 2.21 bits per heavy atom. The average molecular weight is 198 g/mol. The largest absolute Gasteiger partial charge is 0.409 e. The molecule has 4 heteroatoms. The molecule has 2 unspecified atom stereocenters. The van der Waals surface area contributed by atoms with Crippen LogP contribution in [0.5, 0.6) is 0 Å². The predicted molar refractivity (Wildman–Crippen MR) is 54.1 cm³/mol. The van der Waals surface area contributed by atoms with Gasteiger partial charge in [0, 0.05) is 12.3 Å². The van der Waals surface area contributed by atoms with Crippen molar-refractivity contribution < 1.29 is 10.0 Å². The number of nitrogens with two attached hydrogens (primary N) is 1. The van der Waals surface area contributed by atoms with Gasteiger partial charge in [0.2, 0.25) is 0 Å². The van der Waals surface area contributed by atoms with Crippen molar-refractivity contribution in [2.24, 2.45) is 28.1 Å². The Kier molecular flexibility index (Phi) is 2.83. The number of amidine groups is 1. The molecule has 0 radical (unpaired) electrons. The van der Waals surface area contributed by atoms with Crippen LogP contribution in [-0.4, -0.2) is 16.8 Å². The van der Waals surface area contributed by atoms with Crippen LogP contribution in [0.1, 0.15) is 33.6 Å². The van der Waals surface area contributed by atoms with Crippen LogP contribution < -0.4 is 5.73 Å². The molecule has 1 rings (SSSR count). The first-order valence-electron chi connectivity index (χ1n) is 4.86. The highest BCUT2D eigenvalue weighted by Crippen LogP contribution is 2.53. The van der Waals surface area contributed by atoms with Crippen LogP contribution >= 0.6 is 0 Å². The highest BCUT2D eigenvalue weighted by Gasteiger charge is 2.50. The molecule has 0 heterocycles. The van der Waals surface area contributed by atoms with E-state index in [0.29, 0.717) is 12.3 Å². The molecule has 4 nitrogen and oxygen atoms in total. The quantitative estimate of drug-likeness (QED) is 0.311. The van der Waals surface area contributed by atoms with Gasteiger partial charge >= 0.3 is 0 Å². The molecular formula is C10H18N2O2. The summed E-state index contributed by atoms with van der Waals surface area (Å²) in [5.41, 5.74) is 5.43. The van der Waals surface area contributed by atoms with E-state index in [-0.39, 0.29) is 23.0 Å². The SMILES string of the molecule is CC(=O)C1CC(C/C(N)=N/O)C1(C)C. The molecule has 1 fully saturated rings. The number of rotatable bonds is 3. The number of hydrogen-bond donors (Lipinski definition) is 2. The number of ketones is 1. The van der Waals surface area contributed by atoms with Gasteiger partial charge < -0.3 is 10.9 Å². The van der Waals surface area contributed by atoms with Crippen molar-refractivity contribution in [3.63, 3.8) is 0 Å². The van der Waals surface area contributed by atoms with E-state index in [4.69, 9.17) is 10.9 Å². The Morgan fingerprint density at radius 3 is 2.57 bits per heavy atom. The van der Waals surface area contributed by atoms with Gasteiger partial charge in [-0.2, -0.15) is 0 Å². The van der Waals surface area contributed by atoms with E-state index in [1.165, 1.54) is 0 Å². The van der Waals surface area contributed by atoms with Crippen LogP contribution in [0.25, 0.3) is 0 Å². The molecule has 0 saturated heterocycles. The van der Waals surface area contributed by atoms with Crippen molar-refractivity contribution in [1.82, 2.24) is 0 Å². The zero-order chi connectivity index (χ0) is 10.9. The monoisotopic (exact) mass is 198 g/mol. The number of Topliss-reactive ketones (excluding diaryl/α,β-unsaturated/α-hetero) is 1. The Balaban J connectivity index is 2.59.